The summed E-state index contributed by atoms with van der Waals surface area (Å²) in [5.41, 5.74) is 2.20. The average molecular weight is 313 g/mol. The molecule has 1 aliphatic heterocycles. The van der Waals surface area contributed by atoms with E-state index >= 15 is 0 Å². The number of benzene rings is 2. The second-order valence-corrected chi connectivity index (χ2v) is 5.54. The van der Waals surface area contributed by atoms with Gasteiger partial charge >= 0.3 is 0 Å². The number of ether oxygens (including phenoxy) is 1. The first-order valence-corrected chi connectivity index (χ1v) is 7.23. The molecule has 0 saturated carbocycles. The van der Waals surface area contributed by atoms with Crippen LogP contribution in [0.25, 0.3) is 0 Å². The lowest BCUT2D eigenvalue weighted by atomic mass is 10.1. The molecule has 0 spiro atoms. The molecule has 110 valence electrons. The summed E-state index contributed by atoms with van der Waals surface area (Å²) in [5.74, 6) is 0.532. The maximum Gasteiger partial charge on any atom is 0.268 e. The smallest absolute Gasteiger partial charge is 0.268 e. The first-order chi connectivity index (χ1) is 10.6. The van der Waals surface area contributed by atoms with Crippen LogP contribution >= 0.6 is 11.6 Å². The molecule has 1 aliphatic rings. The summed E-state index contributed by atoms with van der Waals surface area (Å²) >= 11 is 6.04. The molecule has 0 radical (unpaired) electrons. The van der Waals surface area contributed by atoms with Gasteiger partial charge in [-0.3, -0.25) is 4.79 Å². The van der Waals surface area contributed by atoms with E-state index in [1.54, 1.807) is 42.2 Å². The van der Waals surface area contributed by atoms with Crippen LogP contribution in [0.2, 0.25) is 5.02 Å². The fourth-order valence-corrected chi connectivity index (χ4v) is 2.58. The number of fused-ring (bicyclic) bond motifs is 1. The second-order valence-electron chi connectivity index (χ2n) is 5.11. The van der Waals surface area contributed by atoms with Gasteiger partial charge in [-0.05, 0) is 42.8 Å². The van der Waals surface area contributed by atoms with E-state index in [4.69, 9.17) is 21.6 Å². The highest BCUT2D eigenvalue weighted by Gasteiger charge is 2.31. The topological polar surface area (TPSA) is 53.3 Å². The van der Waals surface area contributed by atoms with Gasteiger partial charge in [-0.2, -0.15) is 5.26 Å². The molecule has 2 aromatic carbocycles. The Bertz CT molecular complexity index is 765. The Morgan fingerprint density at radius 1 is 1.27 bits per heavy atom. The van der Waals surface area contributed by atoms with Crippen LogP contribution in [0.1, 0.15) is 18.1 Å². The molecule has 3 rings (SSSR count). The van der Waals surface area contributed by atoms with E-state index in [0.717, 1.165) is 5.56 Å². The van der Waals surface area contributed by atoms with E-state index in [1.165, 1.54) is 0 Å². The predicted molar refractivity (Wildman–Crippen MR) is 83.9 cm³/mol. The Morgan fingerprint density at radius 3 is 2.68 bits per heavy atom. The highest BCUT2D eigenvalue weighted by molar-refractivity contribution is 6.31. The van der Waals surface area contributed by atoms with Gasteiger partial charge in [0.1, 0.15) is 5.75 Å². The van der Waals surface area contributed by atoms with E-state index in [2.05, 4.69) is 6.07 Å². The zero-order chi connectivity index (χ0) is 15.7. The van der Waals surface area contributed by atoms with Crippen LogP contribution in [0.5, 0.6) is 5.75 Å². The molecule has 0 bridgehead atoms. The number of amides is 1. The third-order valence-electron chi connectivity index (χ3n) is 3.55. The molecule has 22 heavy (non-hydrogen) atoms. The minimum atomic E-state index is -0.535. The van der Waals surface area contributed by atoms with Crippen LogP contribution in [0.3, 0.4) is 0 Å². The lowest BCUT2D eigenvalue weighted by Gasteiger charge is -2.33. The molecular formula is C17H13ClN2O2. The lowest BCUT2D eigenvalue weighted by Crippen LogP contribution is -2.43. The van der Waals surface area contributed by atoms with Crippen LogP contribution < -0.4 is 9.64 Å². The zero-order valence-corrected chi connectivity index (χ0v) is 12.7. The summed E-state index contributed by atoms with van der Waals surface area (Å²) in [6, 6.07) is 14.5. The van der Waals surface area contributed by atoms with Gasteiger partial charge < -0.3 is 9.64 Å². The molecule has 4 nitrogen and oxygen atoms in total. The van der Waals surface area contributed by atoms with Crippen molar-refractivity contribution in [3.8, 4) is 11.8 Å². The monoisotopic (exact) mass is 312 g/mol. The number of halogens is 1. The average Bonchev–Trinajstić information content (AvgIpc) is 2.53. The Balaban J connectivity index is 1.96. The molecule has 1 unspecified atom stereocenters. The molecule has 0 fully saturated rings. The predicted octanol–water partition coefficient (Wildman–Crippen LogP) is 3.53. The third-order valence-corrected chi connectivity index (χ3v) is 3.79. The van der Waals surface area contributed by atoms with E-state index < -0.39 is 6.10 Å². The fraction of sp³-hybridized carbons (Fsp3) is 0.176. The van der Waals surface area contributed by atoms with Crippen molar-refractivity contribution in [1.29, 1.82) is 5.26 Å². The third kappa shape index (κ3) is 2.63. The summed E-state index contributed by atoms with van der Waals surface area (Å²) in [4.78, 5) is 14.1. The van der Waals surface area contributed by atoms with Crippen molar-refractivity contribution in [2.75, 3.05) is 4.90 Å². The number of carbonyl (C=O) groups excluding carboxylic acids is 1. The number of hydrogen-bond donors (Lipinski definition) is 0. The summed E-state index contributed by atoms with van der Waals surface area (Å²) in [7, 11) is 0. The van der Waals surface area contributed by atoms with Crippen LogP contribution in [0.4, 0.5) is 5.69 Å². The number of nitrogens with zero attached hydrogens (tertiary/aromatic N) is 2. The Hall–Kier alpha value is -2.51. The molecule has 5 heteroatoms. The number of hydrogen-bond acceptors (Lipinski definition) is 3. The maximum atomic E-state index is 12.4. The first-order valence-electron chi connectivity index (χ1n) is 6.85. The molecular weight excluding hydrogens is 300 g/mol. The molecule has 1 heterocycles. The quantitative estimate of drug-likeness (QED) is 0.852. The summed E-state index contributed by atoms with van der Waals surface area (Å²) < 4.78 is 5.61. The normalized spacial score (nSPS) is 16.7. The minimum absolute atomic E-state index is 0.112. The number of anilines is 1. The largest absolute Gasteiger partial charge is 0.479 e. The number of carbonyl (C=O) groups is 1. The van der Waals surface area contributed by atoms with Crippen LogP contribution in [0, 0.1) is 11.3 Å². The number of rotatable bonds is 2. The van der Waals surface area contributed by atoms with Crippen molar-refractivity contribution in [1.82, 2.24) is 0 Å². The molecule has 0 aliphatic carbocycles. The second kappa shape index (κ2) is 5.70. The molecule has 0 saturated heterocycles. The Labute approximate surface area is 133 Å². The standard InChI is InChI=1S/C17H13ClN2O2/c1-11-17(21)20(10-13-4-2-12(9-19)3-5-13)15-8-14(18)6-7-16(15)22-11/h2-8,11H,10H2,1H3. The fourth-order valence-electron chi connectivity index (χ4n) is 2.41. The van der Waals surface area contributed by atoms with E-state index in [1.807, 2.05) is 12.1 Å². The lowest BCUT2D eigenvalue weighted by molar-refractivity contribution is -0.125. The van der Waals surface area contributed by atoms with Crippen LogP contribution in [-0.4, -0.2) is 12.0 Å². The van der Waals surface area contributed by atoms with Gasteiger partial charge in [-0.15, -0.1) is 0 Å². The number of nitriles is 1. The van der Waals surface area contributed by atoms with Gasteiger partial charge in [0.2, 0.25) is 0 Å². The zero-order valence-electron chi connectivity index (χ0n) is 11.9. The Kier molecular flexibility index (Phi) is 3.74. The maximum absolute atomic E-state index is 12.4. The van der Waals surface area contributed by atoms with Gasteiger partial charge in [-0.25, -0.2) is 0 Å². The van der Waals surface area contributed by atoms with Crippen molar-refractivity contribution in [3.63, 3.8) is 0 Å². The van der Waals surface area contributed by atoms with Crippen molar-refractivity contribution < 1.29 is 9.53 Å². The first kappa shape index (κ1) is 14.4. The van der Waals surface area contributed by atoms with E-state index in [0.29, 0.717) is 28.6 Å². The van der Waals surface area contributed by atoms with E-state index in [9.17, 15) is 4.79 Å². The summed E-state index contributed by atoms with van der Waals surface area (Å²) in [6.07, 6.45) is -0.535. The molecule has 2 aromatic rings. The van der Waals surface area contributed by atoms with Crippen LogP contribution in [0.15, 0.2) is 42.5 Å². The van der Waals surface area contributed by atoms with Crippen molar-refractivity contribution >= 4 is 23.2 Å². The van der Waals surface area contributed by atoms with Crippen molar-refractivity contribution in [2.24, 2.45) is 0 Å². The van der Waals surface area contributed by atoms with E-state index in [-0.39, 0.29) is 5.91 Å². The molecule has 0 aromatic heterocycles. The van der Waals surface area contributed by atoms with Crippen molar-refractivity contribution in [3.05, 3.63) is 58.6 Å². The summed E-state index contributed by atoms with van der Waals surface area (Å²) in [6.45, 7) is 2.14. The van der Waals surface area contributed by atoms with Gasteiger partial charge in [-0.1, -0.05) is 23.7 Å². The van der Waals surface area contributed by atoms with Gasteiger partial charge in [0, 0.05) is 5.02 Å². The van der Waals surface area contributed by atoms with Gasteiger partial charge in [0.05, 0.1) is 23.9 Å². The summed E-state index contributed by atoms with van der Waals surface area (Å²) in [5, 5.41) is 9.39. The molecule has 0 N–H and O–H groups in total. The van der Waals surface area contributed by atoms with Crippen LogP contribution in [-0.2, 0) is 11.3 Å². The highest BCUT2D eigenvalue weighted by atomic mass is 35.5. The highest BCUT2D eigenvalue weighted by Crippen LogP contribution is 2.37. The van der Waals surface area contributed by atoms with Crippen molar-refractivity contribution in [2.45, 2.75) is 19.6 Å². The van der Waals surface area contributed by atoms with Gasteiger partial charge in [0.25, 0.3) is 5.91 Å². The van der Waals surface area contributed by atoms with Gasteiger partial charge in [0.15, 0.2) is 6.10 Å². The SMILES string of the molecule is CC1Oc2ccc(Cl)cc2N(Cc2ccc(C#N)cc2)C1=O. The Morgan fingerprint density at radius 2 is 2.00 bits per heavy atom. The molecule has 1 atom stereocenters. The minimum Gasteiger partial charge on any atom is -0.479 e. The molecule has 1 amide bonds.